The Kier molecular flexibility index (Phi) is 5.04. The van der Waals surface area contributed by atoms with E-state index < -0.39 is 0 Å². The minimum absolute atomic E-state index is 0.00331. The first-order chi connectivity index (χ1) is 11.7. The zero-order chi connectivity index (χ0) is 16.9. The highest BCUT2D eigenvalue weighted by atomic mass is 16.5. The van der Waals surface area contributed by atoms with Gasteiger partial charge in [0, 0.05) is 13.1 Å². The Bertz CT molecular complexity index is 714. The summed E-state index contributed by atoms with van der Waals surface area (Å²) in [6.45, 7) is 3.43. The van der Waals surface area contributed by atoms with Crippen LogP contribution in [0.15, 0.2) is 48.5 Å². The molecule has 1 heterocycles. The van der Waals surface area contributed by atoms with Gasteiger partial charge in [-0.25, -0.2) is 4.79 Å². The SMILES string of the molecule is COc1cccc(CNC(=O)N2CCC[C@@H]2c2ccccc2C)c1. The molecule has 0 aliphatic carbocycles. The molecule has 4 heteroatoms. The first kappa shape index (κ1) is 16.4. The van der Waals surface area contributed by atoms with Crippen molar-refractivity contribution in [1.82, 2.24) is 10.2 Å². The van der Waals surface area contributed by atoms with Crippen LogP contribution in [0.4, 0.5) is 4.79 Å². The predicted molar refractivity (Wildman–Crippen MR) is 95.1 cm³/mol. The molecule has 4 nitrogen and oxygen atoms in total. The van der Waals surface area contributed by atoms with Crippen molar-refractivity contribution in [3.8, 4) is 5.75 Å². The fourth-order valence-corrected chi connectivity index (χ4v) is 3.36. The second-order valence-corrected chi connectivity index (χ2v) is 6.22. The normalized spacial score (nSPS) is 16.9. The monoisotopic (exact) mass is 324 g/mol. The number of amides is 2. The van der Waals surface area contributed by atoms with Gasteiger partial charge in [-0.05, 0) is 48.6 Å². The molecular formula is C20H24N2O2. The molecule has 1 aliphatic heterocycles. The summed E-state index contributed by atoms with van der Waals surface area (Å²) in [4.78, 5) is 14.6. The molecule has 1 saturated heterocycles. The molecule has 1 N–H and O–H groups in total. The summed E-state index contributed by atoms with van der Waals surface area (Å²) < 4.78 is 5.23. The van der Waals surface area contributed by atoms with Gasteiger partial charge in [-0.2, -0.15) is 0 Å². The highest BCUT2D eigenvalue weighted by Gasteiger charge is 2.30. The lowest BCUT2D eigenvalue weighted by molar-refractivity contribution is 0.192. The number of nitrogens with one attached hydrogen (secondary N) is 1. The Balaban J connectivity index is 1.66. The Morgan fingerprint density at radius 2 is 2.08 bits per heavy atom. The first-order valence-electron chi connectivity index (χ1n) is 8.42. The summed E-state index contributed by atoms with van der Waals surface area (Å²) >= 11 is 0. The van der Waals surface area contributed by atoms with E-state index in [9.17, 15) is 4.79 Å². The molecular weight excluding hydrogens is 300 g/mol. The summed E-state index contributed by atoms with van der Waals surface area (Å²) in [5.74, 6) is 0.806. The Labute approximate surface area is 143 Å². The third-order valence-corrected chi connectivity index (χ3v) is 4.64. The number of hydrogen-bond acceptors (Lipinski definition) is 2. The highest BCUT2D eigenvalue weighted by molar-refractivity contribution is 5.75. The molecule has 24 heavy (non-hydrogen) atoms. The fraction of sp³-hybridized carbons (Fsp3) is 0.350. The number of methoxy groups -OCH3 is 1. The maximum Gasteiger partial charge on any atom is 0.318 e. The van der Waals surface area contributed by atoms with E-state index in [-0.39, 0.29) is 12.1 Å². The number of ether oxygens (including phenoxy) is 1. The van der Waals surface area contributed by atoms with Crippen molar-refractivity contribution in [2.75, 3.05) is 13.7 Å². The van der Waals surface area contributed by atoms with Crippen LogP contribution in [-0.2, 0) is 6.54 Å². The number of nitrogens with zero attached hydrogens (tertiary/aromatic N) is 1. The molecule has 126 valence electrons. The lowest BCUT2D eigenvalue weighted by Gasteiger charge is -2.26. The maximum atomic E-state index is 12.7. The summed E-state index contributed by atoms with van der Waals surface area (Å²) in [6, 6.07) is 16.3. The van der Waals surface area contributed by atoms with E-state index in [0.717, 1.165) is 30.7 Å². The molecule has 2 amide bonds. The third kappa shape index (κ3) is 3.53. The molecule has 0 aromatic heterocycles. The van der Waals surface area contributed by atoms with E-state index in [1.54, 1.807) is 7.11 Å². The van der Waals surface area contributed by atoms with Crippen LogP contribution in [0.25, 0.3) is 0 Å². The van der Waals surface area contributed by atoms with Crippen molar-refractivity contribution < 1.29 is 9.53 Å². The van der Waals surface area contributed by atoms with Gasteiger partial charge in [-0.1, -0.05) is 36.4 Å². The summed E-state index contributed by atoms with van der Waals surface area (Å²) in [5.41, 5.74) is 3.54. The van der Waals surface area contributed by atoms with Gasteiger partial charge in [0.2, 0.25) is 0 Å². The van der Waals surface area contributed by atoms with Crippen LogP contribution in [0.2, 0.25) is 0 Å². The number of carbonyl (C=O) groups is 1. The highest BCUT2D eigenvalue weighted by Crippen LogP contribution is 2.33. The molecule has 1 fully saturated rings. The molecule has 3 rings (SSSR count). The van der Waals surface area contributed by atoms with E-state index in [1.165, 1.54) is 11.1 Å². The lowest BCUT2D eigenvalue weighted by atomic mass is 9.99. The van der Waals surface area contributed by atoms with Crippen molar-refractivity contribution in [3.63, 3.8) is 0 Å². The van der Waals surface area contributed by atoms with Crippen LogP contribution >= 0.6 is 0 Å². The van der Waals surface area contributed by atoms with Gasteiger partial charge in [0.05, 0.1) is 13.2 Å². The zero-order valence-corrected chi connectivity index (χ0v) is 14.3. The number of rotatable bonds is 4. The topological polar surface area (TPSA) is 41.6 Å². The van der Waals surface area contributed by atoms with Crippen LogP contribution in [0.3, 0.4) is 0 Å². The second-order valence-electron chi connectivity index (χ2n) is 6.22. The molecule has 1 atom stereocenters. The smallest absolute Gasteiger partial charge is 0.318 e. The van der Waals surface area contributed by atoms with E-state index >= 15 is 0 Å². The molecule has 2 aromatic rings. The molecule has 0 unspecified atom stereocenters. The van der Waals surface area contributed by atoms with Crippen molar-refractivity contribution >= 4 is 6.03 Å². The van der Waals surface area contributed by atoms with E-state index in [4.69, 9.17) is 4.74 Å². The van der Waals surface area contributed by atoms with Crippen LogP contribution in [0, 0.1) is 6.92 Å². The van der Waals surface area contributed by atoms with Gasteiger partial charge in [0.1, 0.15) is 5.75 Å². The number of likely N-dealkylation sites (tertiary alicyclic amines) is 1. The molecule has 0 spiro atoms. The van der Waals surface area contributed by atoms with Crippen molar-refractivity contribution in [2.24, 2.45) is 0 Å². The minimum atomic E-state index is 0.00331. The number of hydrogen-bond donors (Lipinski definition) is 1. The average Bonchev–Trinajstić information content (AvgIpc) is 3.10. The van der Waals surface area contributed by atoms with Crippen LogP contribution in [-0.4, -0.2) is 24.6 Å². The van der Waals surface area contributed by atoms with Gasteiger partial charge in [0.15, 0.2) is 0 Å². The fourth-order valence-electron chi connectivity index (χ4n) is 3.36. The van der Waals surface area contributed by atoms with Crippen LogP contribution in [0.5, 0.6) is 5.75 Å². The quantitative estimate of drug-likeness (QED) is 0.922. The summed E-state index contributed by atoms with van der Waals surface area (Å²) in [7, 11) is 1.65. The number of benzene rings is 2. The molecule has 0 saturated carbocycles. The maximum absolute atomic E-state index is 12.7. The third-order valence-electron chi connectivity index (χ3n) is 4.64. The van der Waals surface area contributed by atoms with Crippen LogP contribution < -0.4 is 10.1 Å². The average molecular weight is 324 g/mol. The van der Waals surface area contributed by atoms with Crippen molar-refractivity contribution in [2.45, 2.75) is 32.4 Å². The molecule has 0 bridgehead atoms. The summed E-state index contributed by atoms with van der Waals surface area (Å²) in [6.07, 6.45) is 2.07. The largest absolute Gasteiger partial charge is 0.497 e. The van der Waals surface area contributed by atoms with E-state index in [1.807, 2.05) is 41.3 Å². The van der Waals surface area contributed by atoms with Crippen molar-refractivity contribution in [1.29, 1.82) is 0 Å². The van der Waals surface area contributed by atoms with Gasteiger partial charge in [0.25, 0.3) is 0 Å². The van der Waals surface area contributed by atoms with Gasteiger partial charge in [-0.15, -0.1) is 0 Å². The lowest BCUT2D eigenvalue weighted by Crippen LogP contribution is -2.39. The van der Waals surface area contributed by atoms with Crippen molar-refractivity contribution in [3.05, 3.63) is 65.2 Å². The zero-order valence-electron chi connectivity index (χ0n) is 14.3. The molecule has 1 aliphatic rings. The Morgan fingerprint density at radius 3 is 2.88 bits per heavy atom. The summed E-state index contributed by atoms with van der Waals surface area (Å²) in [5, 5.41) is 3.04. The van der Waals surface area contributed by atoms with Gasteiger partial charge in [-0.3, -0.25) is 0 Å². The Hall–Kier alpha value is -2.49. The Morgan fingerprint density at radius 1 is 1.25 bits per heavy atom. The number of urea groups is 1. The number of carbonyl (C=O) groups excluding carboxylic acids is 1. The minimum Gasteiger partial charge on any atom is -0.497 e. The second kappa shape index (κ2) is 7.39. The first-order valence-corrected chi connectivity index (χ1v) is 8.42. The predicted octanol–water partition coefficient (Wildman–Crippen LogP) is 4.05. The molecule has 0 radical (unpaired) electrons. The number of aryl methyl sites for hydroxylation is 1. The van der Waals surface area contributed by atoms with Gasteiger partial charge < -0.3 is 15.0 Å². The molecule has 2 aromatic carbocycles. The van der Waals surface area contributed by atoms with Crippen LogP contribution in [0.1, 0.15) is 35.6 Å². The standard InChI is InChI=1S/C20H24N2O2/c1-15-7-3-4-10-18(15)19-11-6-12-22(19)20(23)21-14-16-8-5-9-17(13-16)24-2/h3-5,7-10,13,19H,6,11-12,14H2,1-2H3,(H,21,23)/t19-/m1/s1. The van der Waals surface area contributed by atoms with E-state index in [0.29, 0.717) is 6.54 Å². The van der Waals surface area contributed by atoms with E-state index in [2.05, 4.69) is 24.4 Å². The van der Waals surface area contributed by atoms with Gasteiger partial charge >= 0.3 is 6.03 Å².